The highest BCUT2D eigenvalue weighted by Gasteiger charge is 2.29. The average Bonchev–Trinajstić information content (AvgIpc) is 3.56. The van der Waals surface area contributed by atoms with Gasteiger partial charge in [-0.25, -0.2) is 17.2 Å². The number of piperidine rings is 1. The largest absolute Gasteiger partial charge is 0.339 e. The van der Waals surface area contributed by atoms with E-state index in [2.05, 4.69) is 10.1 Å². The van der Waals surface area contributed by atoms with Crippen LogP contribution in [0, 0.1) is 11.6 Å². The molecule has 1 amide bonds. The van der Waals surface area contributed by atoms with Gasteiger partial charge in [0.2, 0.25) is 10.0 Å². The number of halogens is 2. The zero-order valence-corrected chi connectivity index (χ0v) is 19.7. The summed E-state index contributed by atoms with van der Waals surface area (Å²) in [6, 6.07) is 9.20. The van der Waals surface area contributed by atoms with E-state index in [0.29, 0.717) is 56.3 Å². The number of carbonyl (C=O) groups is 1. The normalized spacial score (nSPS) is 17.7. The van der Waals surface area contributed by atoms with Gasteiger partial charge in [0, 0.05) is 49.3 Å². The van der Waals surface area contributed by atoms with Gasteiger partial charge < -0.3 is 9.42 Å². The fourth-order valence-corrected chi connectivity index (χ4v) is 6.08. The quantitative estimate of drug-likeness (QED) is 0.526. The van der Waals surface area contributed by atoms with E-state index in [4.69, 9.17) is 4.52 Å². The van der Waals surface area contributed by atoms with Crippen LogP contribution in [-0.4, -0.2) is 59.8 Å². The van der Waals surface area contributed by atoms with Crippen molar-refractivity contribution in [2.45, 2.75) is 36.5 Å². The second kappa shape index (κ2) is 9.46. The molecule has 3 heterocycles. The van der Waals surface area contributed by atoms with Crippen LogP contribution < -0.4 is 0 Å². The van der Waals surface area contributed by atoms with Gasteiger partial charge in [-0.15, -0.1) is 0 Å². The molecule has 184 valence electrons. The van der Waals surface area contributed by atoms with E-state index in [9.17, 15) is 22.0 Å². The van der Waals surface area contributed by atoms with Gasteiger partial charge in [0.05, 0.1) is 4.90 Å². The summed E-state index contributed by atoms with van der Waals surface area (Å²) in [6.07, 6.45) is 2.90. The maximum Gasteiger partial charge on any atom is 0.257 e. The summed E-state index contributed by atoms with van der Waals surface area (Å²) in [4.78, 5) is 18.9. The van der Waals surface area contributed by atoms with Crippen molar-refractivity contribution in [3.8, 4) is 11.5 Å². The third-order valence-electron chi connectivity index (χ3n) is 6.50. The molecule has 3 aromatic rings. The third-order valence-corrected chi connectivity index (χ3v) is 8.42. The molecular weight excluding hydrogens is 478 g/mol. The first kappa shape index (κ1) is 23.6. The number of hydrogen-bond acceptors (Lipinski definition) is 6. The molecule has 2 fully saturated rings. The van der Waals surface area contributed by atoms with Gasteiger partial charge in [0.1, 0.15) is 11.6 Å². The number of benzene rings is 2. The molecule has 35 heavy (non-hydrogen) atoms. The molecule has 5 rings (SSSR count). The van der Waals surface area contributed by atoms with Crippen LogP contribution >= 0.6 is 0 Å². The average molecular weight is 503 g/mol. The first-order valence-corrected chi connectivity index (χ1v) is 12.9. The molecule has 11 heteroatoms. The fourth-order valence-electron chi connectivity index (χ4n) is 4.57. The smallest absolute Gasteiger partial charge is 0.257 e. The van der Waals surface area contributed by atoms with E-state index in [1.165, 1.54) is 4.31 Å². The summed E-state index contributed by atoms with van der Waals surface area (Å²) in [5, 5.41) is 4.09. The molecule has 2 aromatic carbocycles. The Morgan fingerprint density at radius 1 is 0.943 bits per heavy atom. The maximum absolute atomic E-state index is 13.5. The van der Waals surface area contributed by atoms with Gasteiger partial charge in [-0.2, -0.15) is 9.29 Å². The van der Waals surface area contributed by atoms with Gasteiger partial charge in [-0.1, -0.05) is 5.16 Å². The molecule has 0 saturated carbocycles. The van der Waals surface area contributed by atoms with Crippen LogP contribution in [0.2, 0.25) is 0 Å². The molecule has 0 N–H and O–H groups in total. The molecule has 0 bridgehead atoms. The minimum Gasteiger partial charge on any atom is -0.339 e. The minimum absolute atomic E-state index is 0.0158. The molecule has 2 aliphatic rings. The van der Waals surface area contributed by atoms with Crippen LogP contribution in [0.1, 0.15) is 47.8 Å². The molecule has 0 radical (unpaired) electrons. The Morgan fingerprint density at radius 2 is 1.57 bits per heavy atom. The van der Waals surface area contributed by atoms with Crippen molar-refractivity contribution in [3.63, 3.8) is 0 Å². The number of aromatic nitrogens is 2. The van der Waals surface area contributed by atoms with Crippen molar-refractivity contribution >= 4 is 15.9 Å². The number of carbonyl (C=O) groups excluding carboxylic acids is 1. The topological polar surface area (TPSA) is 96.6 Å². The first-order chi connectivity index (χ1) is 16.8. The maximum atomic E-state index is 13.5. The molecule has 2 aliphatic heterocycles. The predicted octanol–water partition coefficient (Wildman–Crippen LogP) is 3.82. The Labute approximate surface area is 201 Å². The lowest BCUT2D eigenvalue weighted by molar-refractivity contribution is 0.0709. The van der Waals surface area contributed by atoms with Gasteiger partial charge in [0.15, 0.2) is 5.82 Å². The van der Waals surface area contributed by atoms with Gasteiger partial charge in [0.25, 0.3) is 11.8 Å². The molecule has 0 aliphatic carbocycles. The zero-order valence-electron chi connectivity index (χ0n) is 18.9. The van der Waals surface area contributed by atoms with E-state index in [0.717, 1.165) is 31.0 Å². The predicted molar refractivity (Wildman–Crippen MR) is 122 cm³/mol. The molecule has 0 unspecified atom stereocenters. The highest BCUT2D eigenvalue weighted by Crippen LogP contribution is 2.30. The number of rotatable bonds is 5. The Bertz CT molecular complexity index is 1310. The van der Waals surface area contributed by atoms with Crippen LogP contribution in [0.5, 0.6) is 0 Å². The minimum atomic E-state index is -3.49. The molecular formula is C24H24F2N4O4S. The van der Waals surface area contributed by atoms with Crippen molar-refractivity contribution < 1.29 is 26.5 Å². The van der Waals surface area contributed by atoms with Crippen molar-refractivity contribution in [2.24, 2.45) is 0 Å². The molecule has 8 nitrogen and oxygen atoms in total. The van der Waals surface area contributed by atoms with Crippen LogP contribution in [0.3, 0.4) is 0 Å². The summed E-state index contributed by atoms with van der Waals surface area (Å²) in [6.45, 7) is 1.88. The van der Waals surface area contributed by atoms with E-state index >= 15 is 0 Å². The standard InChI is InChI=1S/C24H24F2N4O4S/c25-19-13-18(14-20(26)15-19)24(31)29-11-7-16(8-12-29)22-27-23(34-28-22)17-3-5-21(6-4-17)35(32,33)30-9-1-2-10-30/h3-6,13-16H,1-2,7-12H2. The molecule has 0 atom stereocenters. The molecule has 0 spiro atoms. The van der Waals surface area contributed by atoms with Crippen molar-refractivity contribution in [2.75, 3.05) is 26.2 Å². The first-order valence-electron chi connectivity index (χ1n) is 11.5. The Hall–Kier alpha value is -3.18. The van der Waals surface area contributed by atoms with E-state index in [1.54, 1.807) is 29.2 Å². The number of likely N-dealkylation sites (tertiary alicyclic amines) is 1. The zero-order chi connectivity index (χ0) is 24.6. The van der Waals surface area contributed by atoms with Crippen molar-refractivity contribution in [3.05, 3.63) is 65.5 Å². The summed E-state index contributed by atoms with van der Waals surface area (Å²) >= 11 is 0. The lowest BCUT2D eigenvalue weighted by Gasteiger charge is -2.30. The van der Waals surface area contributed by atoms with Gasteiger partial charge in [-0.3, -0.25) is 4.79 Å². The monoisotopic (exact) mass is 502 g/mol. The van der Waals surface area contributed by atoms with E-state index < -0.39 is 27.6 Å². The lowest BCUT2D eigenvalue weighted by Crippen LogP contribution is -2.38. The molecule has 1 aromatic heterocycles. The Balaban J connectivity index is 1.23. The highest BCUT2D eigenvalue weighted by atomic mass is 32.2. The number of sulfonamides is 1. The Morgan fingerprint density at radius 3 is 2.20 bits per heavy atom. The number of hydrogen-bond donors (Lipinski definition) is 0. The van der Waals surface area contributed by atoms with Crippen LogP contribution in [0.25, 0.3) is 11.5 Å². The third kappa shape index (κ3) is 4.83. The van der Waals surface area contributed by atoms with E-state index in [-0.39, 0.29) is 16.4 Å². The lowest BCUT2D eigenvalue weighted by atomic mass is 9.95. The fraction of sp³-hybridized carbons (Fsp3) is 0.375. The van der Waals surface area contributed by atoms with Gasteiger partial charge in [-0.05, 0) is 62.1 Å². The summed E-state index contributed by atoms with van der Waals surface area (Å²) in [5.74, 6) is -1.22. The summed E-state index contributed by atoms with van der Waals surface area (Å²) in [5.41, 5.74) is 0.600. The van der Waals surface area contributed by atoms with E-state index in [1.807, 2.05) is 0 Å². The highest BCUT2D eigenvalue weighted by molar-refractivity contribution is 7.89. The Kier molecular flexibility index (Phi) is 6.37. The second-order valence-electron chi connectivity index (χ2n) is 8.82. The SMILES string of the molecule is O=C(c1cc(F)cc(F)c1)N1CCC(c2noc(-c3ccc(S(=O)(=O)N4CCCC4)cc3)n2)CC1. The second-order valence-corrected chi connectivity index (χ2v) is 10.8. The van der Waals surface area contributed by atoms with Crippen molar-refractivity contribution in [1.82, 2.24) is 19.3 Å². The number of nitrogens with zero attached hydrogens (tertiary/aromatic N) is 4. The summed E-state index contributed by atoms with van der Waals surface area (Å²) in [7, 11) is -3.49. The number of amides is 1. The summed E-state index contributed by atoms with van der Waals surface area (Å²) < 4.78 is 59.2. The van der Waals surface area contributed by atoms with Crippen LogP contribution in [-0.2, 0) is 10.0 Å². The molecule has 2 saturated heterocycles. The van der Waals surface area contributed by atoms with Crippen LogP contribution in [0.4, 0.5) is 8.78 Å². The van der Waals surface area contributed by atoms with Crippen molar-refractivity contribution in [1.29, 1.82) is 0 Å². The van der Waals surface area contributed by atoms with Crippen LogP contribution in [0.15, 0.2) is 51.9 Å². The van der Waals surface area contributed by atoms with Gasteiger partial charge >= 0.3 is 0 Å².